The Kier molecular flexibility index (Phi) is 11.7. The number of unbranched alkanes of at least 4 members (excludes halogenated alkanes) is 2. The van der Waals surface area contributed by atoms with E-state index in [9.17, 15) is 19.5 Å². The van der Waals surface area contributed by atoms with E-state index in [0.29, 0.717) is 52.1 Å². The number of fused-ring (bicyclic) bond motifs is 1. The number of aliphatic hydroxyl groups is 1. The molecule has 0 aromatic carbocycles. The Morgan fingerprint density at radius 2 is 2.00 bits per heavy atom. The topological polar surface area (TPSA) is 109 Å². The second-order valence-corrected chi connectivity index (χ2v) is 13.2. The van der Waals surface area contributed by atoms with Crippen LogP contribution in [0, 0.1) is 17.8 Å². The van der Waals surface area contributed by atoms with Gasteiger partial charge in [-0.1, -0.05) is 48.4 Å². The van der Waals surface area contributed by atoms with E-state index in [0.717, 1.165) is 25.9 Å². The molecule has 0 aromatic rings. The molecule has 0 saturated carbocycles. The predicted octanol–water partition coefficient (Wildman–Crippen LogP) is 2.39. The summed E-state index contributed by atoms with van der Waals surface area (Å²) in [7, 11) is 0. The van der Waals surface area contributed by atoms with Gasteiger partial charge < -0.3 is 29.1 Å². The summed E-state index contributed by atoms with van der Waals surface area (Å²) in [6.07, 6.45) is 6.47. The maximum Gasteiger partial charge on any atom is 0.312 e. The number of halogens is 1. The van der Waals surface area contributed by atoms with Crippen LogP contribution in [0.2, 0.25) is 0 Å². The summed E-state index contributed by atoms with van der Waals surface area (Å²) in [5.41, 5.74) is -1.20. The van der Waals surface area contributed by atoms with E-state index in [2.05, 4.69) is 34.0 Å². The molecule has 4 saturated heterocycles. The molecule has 10 nitrogen and oxygen atoms in total. The standard InChI is InChI=1S/C31H48BrN3O7/c1-5-8-9-10-16-41-30(39)24-25-28(37)35(23(20-36)21(4)7-3)27(31(25)19-22(32)26(24)42-31)29(38)34(11-6-2)13-12-33-14-17-40-18-15-33/h5-6,21-27,36H,1-2,7-20H2,3-4H3/t21-,22?,23-,24-,25-,26-,27?,31?/m0/s1. The third kappa shape index (κ3) is 6.36. The van der Waals surface area contributed by atoms with Gasteiger partial charge in [-0.3, -0.25) is 19.3 Å². The summed E-state index contributed by atoms with van der Waals surface area (Å²) in [5.74, 6) is -2.76. The molecule has 8 atom stereocenters. The number of allylic oxidation sites excluding steroid dienone is 1. The third-order valence-corrected chi connectivity index (χ3v) is 10.4. The number of likely N-dealkylation sites (tertiary alicyclic amines) is 1. The highest BCUT2D eigenvalue weighted by Gasteiger charge is 2.77. The van der Waals surface area contributed by atoms with Crippen LogP contribution in [-0.2, 0) is 28.6 Å². The van der Waals surface area contributed by atoms with Gasteiger partial charge >= 0.3 is 5.97 Å². The molecular formula is C31H48BrN3O7. The number of carbonyl (C=O) groups excluding carboxylic acids is 3. The number of ether oxygens (including phenoxy) is 3. The number of aliphatic hydroxyl groups excluding tert-OH is 1. The number of rotatable bonds is 16. The van der Waals surface area contributed by atoms with Crippen molar-refractivity contribution in [3.05, 3.63) is 25.3 Å². The molecule has 4 rings (SSSR count). The van der Waals surface area contributed by atoms with E-state index in [-0.39, 0.29) is 35.8 Å². The molecule has 3 unspecified atom stereocenters. The molecule has 1 spiro atoms. The summed E-state index contributed by atoms with van der Waals surface area (Å²) in [6, 6.07) is -1.56. The molecule has 2 amide bonds. The highest BCUT2D eigenvalue weighted by molar-refractivity contribution is 9.09. The van der Waals surface area contributed by atoms with Gasteiger partial charge in [-0.25, -0.2) is 0 Å². The second-order valence-electron chi connectivity index (χ2n) is 12.0. The number of esters is 1. The van der Waals surface area contributed by atoms with Crippen LogP contribution in [0.5, 0.6) is 0 Å². The van der Waals surface area contributed by atoms with Crippen LogP contribution in [-0.4, -0.2) is 125 Å². The Balaban J connectivity index is 1.66. The van der Waals surface area contributed by atoms with E-state index in [1.807, 2.05) is 19.9 Å². The second kappa shape index (κ2) is 14.8. The quantitative estimate of drug-likeness (QED) is 0.117. The average molecular weight is 655 g/mol. The molecule has 11 heteroatoms. The van der Waals surface area contributed by atoms with Crippen molar-refractivity contribution in [1.29, 1.82) is 0 Å². The van der Waals surface area contributed by atoms with Gasteiger partial charge in [0.15, 0.2) is 0 Å². The van der Waals surface area contributed by atoms with Crippen LogP contribution in [0.4, 0.5) is 0 Å². The van der Waals surface area contributed by atoms with E-state index >= 15 is 0 Å². The maximum atomic E-state index is 14.6. The fourth-order valence-electron chi connectivity index (χ4n) is 7.15. The molecule has 2 bridgehead atoms. The zero-order chi connectivity index (χ0) is 30.4. The number of alkyl halides is 1. The average Bonchev–Trinajstić information content (AvgIpc) is 3.59. The Labute approximate surface area is 258 Å². The molecule has 236 valence electrons. The fraction of sp³-hybridized carbons (Fsp3) is 0.774. The molecule has 4 fully saturated rings. The number of carbonyl (C=O) groups is 3. The highest BCUT2D eigenvalue weighted by Crippen LogP contribution is 2.61. The molecule has 0 aliphatic carbocycles. The van der Waals surface area contributed by atoms with Crippen LogP contribution in [0.3, 0.4) is 0 Å². The summed E-state index contributed by atoms with van der Waals surface area (Å²) in [5, 5.41) is 10.6. The van der Waals surface area contributed by atoms with Gasteiger partial charge in [-0.05, 0) is 31.6 Å². The first-order valence-electron chi connectivity index (χ1n) is 15.5. The number of amides is 2. The van der Waals surface area contributed by atoms with Gasteiger partial charge in [0.25, 0.3) is 0 Å². The van der Waals surface area contributed by atoms with Crippen molar-refractivity contribution in [3.8, 4) is 0 Å². The smallest absolute Gasteiger partial charge is 0.312 e. The van der Waals surface area contributed by atoms with Gasteiger partial charge in [0.2, 0.25) is 11.8 Å². The van der Waals surface area contributed by atoms with Crippen molar-refractivity contribution in [2.24, 2.45) is 17.8 Å². The van der Waals surface area contributed by atoms with Gasteiger partial charge in [-0.2, -0.15) is 0 Å². The first-order chi connectivity index (χ1) is 20.2. The van der Waals surface area contributed by atoms with Gasteiger partial charge in [0, 0.05) is 37.6 Å². The molecule has 0 aromatic heterocycles. The SMILES string of the molecule is C=CCCCCOC(=O)[C@H]1[C@H]2C(=O)N([C@@H](CO)[C@@H](C)CC)C(C(=O)N(CC=C)CCN3CCOCC3)C23CC(Br)[C@@H]1O3. The first kappa shape index (κ1) is 33.1. The van der Waals surface area contributed by atoms with Crippen molar-refractivity contribution >= 4 is 33.7 Å². The molecule has 4 aliphatic heterocycles. The maximum absolute atomic E-state index is 14.6. The van der Waals surface area contributed by atoms with E-state index < -0.39 is 41.6 Å². The lowest BCUT2D eigenvalue weighted by atomic mass is 9.70. The largest absolute Gasteiger partial charge is 0.465 e. The summed E-state index contributed by atoms with van der Waals surface area (Å²) in [6.45, 7) is 15.9. The summed E-state index contributed by atoms with van der Waals surface area (Å²) < 4.78 is 17.8. The van der Waals surface area contributed by atoms with Gasteiger partial charge in [-0.15, -0.1) is 13.2 Å². The Morgan fingerprint density at radius 3 is 2.64 bits per heavy atom. The van der Waals surface area contributed by atoms with E-state index in [1.165, 1.54) is 0 Å². The van der Waals surface area contributed by atoms with Crippen LogP contribution in [0.15, 0.2) is 25.3 Å². The molecule has 1 N–H and O–H groups in total. The lowest BCUT2D eigenvalue weighted by molar-refractivity contribution is -0.157. The van der Waals surface area contributed by atoms with E-state index in [1.54, 1.807) is 15.9 Å². The van der Waals surface area contributed by atoms with Crippen LogP contribution in [0.1, 0.15) is 46.0 Å². The molecule has 4 aliphatic rings. The molecular weight excluding hydrogens is 606 g/mol. The minimum absolute atomic E-state index is 0.0714. The highest BCUT2D eigenvalue weighted by atomic mass is 79.9. The zero-order valence-corrected chi connectivity index (χ0v) is 26.7. The van der Waals surface area contributed by atoms with Gasteiger partial charge in [0.05, 0.1) is 50.4 Å². The Morgan fingerprint density at radius 1 is 1.26 bits per heavy atom. The van der Waals surface area contributed by atoms with Crippen molar-refractivity contribution in [1.82, 2.24) is 14.7 Å². The van der Waals surface area contributed by atoms with E-state index in [4.69, 9.17) is 14.2 Å². The van der Waals surface area contributed by atoms with Crippen LogP contribution in [0.25, 0.3) is 0 Å². The Bertz CT molecular complexity index is 992. The molecule has 42 heavy (non-hydrogen) atoms. The number of hydrogen-bond acceptors (Lipinski definition) is 8. The monoisotopic (exact) mass is 653 g/mol. The summed E-state index contributed by atoms with van der Waals surface area (Å²) >= 11 is 3.72. The number of morpholine rings is 1. The van der Waals surface area contributed by atoms with Crippen molar-refractivity contribution in [3.63, 3.8) is 0 Å². The fourth-order valence-corrected chi connectivity index (χ4v) is 8.10. The zero-order valence-electron chi connectivity index (χ0n) is 25.1. The van der Waals surface area contributed by atoms with Crippen molar-refractivity contribution in [2.45, 2.75) is 74.6 Å². The third-order valence-electron chi connectivity index (χ3n) is 9.58. The number of hydrogen-bond donors (Lipinski definition) is 1. The minimum atomic E-state index is -1.20. The molecule has 4 heterocycles. The Hall–Kier alpha value is -1.79. The van der Waals surface area contributed by atoms with Crippen LogP contribution >= 0.6 is 15.9 Å². The normalized spacial score (nSPS) is 32.0. The molecule has 0 radical (unpaired) electrons. The van der Waals surface area contributed by atoms with Gasteiger partial charge in [0.1, 0.15) is 11.6 Å². The minimum Gasteiger partial charge on any atom is -0.465 e. The van der Waals surface area contributed by atoms with Crippen molar-refractivity contribution < 1.29 is 33.7 Å². The predicted molar refractivity (Wildman–Crippen MR) is 162 cm³/mol. The first-order valence-corrected chi connectivity index (χ1v) is 16.4. The lowest BCUT2D eigenvalue weighted by Gasteiger charge is -2.41. The van der Waals surface area contributed by atoms with Crippen LogP contribution < -0.4 is 0 Å². The number of nitrogens with zero attached hydrogens (tertiary/aromatic N) is 3. The lowest BCUT2D eigenvalue weighted by Crippen LogP contribution is -2.60. The van der Waals surface area contributed by atoms with Crippen molar-refractivity contribution in [2.75, 3.05) is 59.2 Å². The summed E-state index contributed by atoms with van der Waals surface area (Å²) in [4.78, 5) is 47.9.